The summed E-state index contributed by atoms with van der Waals surface area (Å²) in [4.78, 5) is 4.19. The van der Waals surface area contributed by atoms with Crippen LogP contribution < -0.4 is 5.32 Å². The van der Waals surface area contributed by atoms with Gasteiger partial charge in [-0.2, -0.15) is 8.78 Å². The summed E-state index contributed by atoms with van der Waals surface area (Å²) < 4.78 is 46.0. The van der Waals surface area contributed by atoms with E-state index in [1.54, 1.807) is 13.0 Å². The normalized spacial score (nSPS) is 13.2. The minimum atomic E-state index is -3.12. The average molecular weight is 523 g/mol. The first-order valence-corrected chi connectivity index (χ1v) is 13.7. The maximum Gasteiger partial charge on any atom is 0.312 e. The first-order chi connectivity index (χ1) is 18.0. The number of ether oxygens (including phenoxy) is 3. The molecule has 5 nitrogen and oxygen atoms in total. The fraction of sp³-hybridized carbons (Fsp3) is 0.633. The molecule has 0 aromatic heterocycles. The smallest absolute Gasteiger partial charge is 0.312 e. The quantitative estimate of drug-likeness (QED) is 0.116. The molecular formula is C30H48F2N2O3. The van der Waals surface area contributed by atoms with Crippen LogP contribution in [0.4, 0.5) is 8.78 Å². The number of aliphatic imine (C=N–C) groups is 1. The molecule has 1 rings (SSSR count). The number of allylic oxidation sites excluding steroid dienone is 2. The molecular weight excluding hydrogens is 474 g/mol. The highest BCUT2D eigenvalue weighted by Crippen LogP contribution is 2.19. The Morgan fingerprint density at radius 1 is 0.946 bits per heavy atom. The molecule has 1 N–H and O–H groups in total. The molecule has 0 aliphatic rings. The van der Waals surface area contributed by atoms with Crippen LogP contribution in [0, 0.1) is 0 Å². The number of nitrogens with zero attached hydrogens (tertiary/aromatic N) is 1. The van der Waals surface area contributed by atoms with E-state index in [1.165, 1.54) is 17.8 Å². The van der Waals surface area contributed by atoms with E-state index < -0.39 is 12.5 Å². The van der Waals surface area contributed by atoms with Gasteiger partial charge < -0.3 is 19.5 Å². The predicted octanol–water partition coefficient (Wildman–Crippen LogP) is 7.13. The Balaban J connectivity index is 2.01. The Kier molecular flexibility index (Phi) is 19.5. The molecule has 210 valence electrons. The second-order valence-corrected chi connectivity index (χ2v) is 9.17. The minimum Gasteiger partial charge on any atom is -0.389 e. The molecule has 37 heavy (non-hydrogen) atoms. The second-order valence-electron chi connectivity index (χ2n) is 9.17. The average Bonchev–Trinajstić information content (AvgIpc) is 2.90. The molecule has 0 bridgehead atoms. The van der Waals surface area contributed by atoms with E-state index in [1.807, 2.05) is 25.1 Å². The maximum atomic E-state index is 14.7. The molecule has 7 heteroatoms. The lowest BCUT2D eigenvalue weighted by molar-refractivity contribution is -0.0257. The molecule has 1 unspecified atom stereocenters. The van der Waals surface area contributed by atoms with E-state index >= 15 is 0 Å². The molecule has 1 atom stereocenters. The van der Waals surface area contributed by atoms with Crippen molar-refractivity contribution in [1.29, 1.82) is 0 Å². The van der Waals surface area contributed by atoms with Gasteiger partial charge in [0.05, 0.1) is 12.6 Å². The molecule has 0 aliphatic carbocycles. The zero-order valence-corrected chi connectivity index (χ0v) is 22.9. The highest BCUT2D eigenvalue weighted by Gasteiger charge is 2.35. The fourth-order valence-corrected chi connectivity index (χ4v) is 3.51. The molecule has 0 saturated carbocycles. The first-order valence-electron chi connectivity index (χ1n) is 13.7. The molecule has 1 aromatic carbocycles. The van der Waals surface area contributed by atoms with E-state index in [0.29, 0.717) is 32.8 Å². The number of hydrogen-bond donors (Lipinski definition) is 1. The summed E-state index contributed by atoms with van der Waals surface area (Å²) in [6, 6.07) is 9.93. The predicted molar refractivity (Wildman–Crippen MR) is 150 cm³/mol. The van der Waals surface area contributed by atoms with Crippen molar-refractivity contribution in [3.05, 3.63) is 60.8 Å². The molecule has 0 spiro atoms. The Morgan fingerprint density at radius 3 is 2.16 bits per heavy atom. The van der Waals surface area contributed by atoms with Gasteiger partial charge in [-0.3, -0.25) is 4.99 Å². The van der Waals surface area contributed by atoms with Gasteiger partial charge in [-0.05, 0) is 63.3 Å². The summed E-state index contributed by atoms with van der Waals surface area (Å²) in [6.45, 7) is 10.3. The van der Waals surface area contributed by atoms with E-state index in [-0.39, 0.29) is 11.8 Å². The third-order valence-corrected chi connectivity index (χ3v) is 5.60. The third kappa shape index (κ3) is 17.9. The van der Waals surface area contributed by atoms with Gasteiger partial charge in [0.15, 0.2) is 0 Å². The van der Waals surface area contributed by atoms with Crippen LogP contribution in [0.1, 0.15) is 70.8 Å². The van der Waals surface area contributed by atoms with Gasteiger partial charge in [-0.25, -0.2) is 0 Å². The monoisotopic (exact) mass is 522 g/mol. The van der Waals surface area contributed by atoms with Crippen molar-refractivity contribution in [3.8, 4) is 0 Å². The van der Waals surface area contributed by atoms with Crippen LogP contribution in [0.25, 0.3) is 0 Å². The standard InChI is InChI=1S/C30H48F2N2O3/c1-4-6-19-29(34-27(3)24-33-5-2)30(31,32)26-37-23-16-10-15-21-35-20-13-7-8-14-22-36-25-28-17-11-9-12-18-28/h5-6,9,11-12,17-19,27,33H,2,4,7-8,10,13-16,20-26H2,1,3H3/b19-6-,34-29+. The van der Waals surface area contributed by atoms with E-state index in [9.17, 15) is 8.78 Å². The summed E-state index contributed by atoms with van der Waals surface area (Å²) in [5.41, 5.74) is 0.975. The number of nitrogens with one attached hydrogen (secondary N) is 1. The highest BCUT2D eigenvalue weighted by molar-refractivity contribution is 6.00. The molecule has 0 saturated heterocycles. The van der Waals surface area contributed by atoms with Gasteiger partial charge in [-0.1, -0.05) is 62.8 Å². The Hall–Kier alpha value is -2.09. The van der Waals surface area contributed by atoms with Gasteiger partial charge in [0.2, 0.25) is 0 Å². The minimum absolute atomic E-state index is 0.235. The van der Waals surface area contributed by atoms with Crippen LogP contribution in [0.3, 0.4) is 0 Å². The lowest BCUT2D eigenvalue weighted by Gasteiger charge is -2.19. The highest BCUT2D eigenvalue weighted by atomic mass is 19.3. The largest absolute Gasteiger partial charge is 0.389 e. The van der Waals surface area contributed by atoms with Gasteiger partial charge in [0.1, 0.15) is 12.3 Å². The van der Waals surface area contributed by atoms with Crippen molar-refractivity contribution in [3.63, 3.8) is 0 Å². The first kappa shape index (κ1) is 32.9. The van der Waals surface area contributed by atoms with E-state index in [2.05, 4.69) is 29.0 Å². The van der Waals surface area contributed by atoms with Crippen molar-refractivity contribution in [1.82, 2.24) is 5.32 Å². The lowest BCUT2D eigenvalue weighted by atomic mass is 10.1. The van der Waals surface area contributed by atoms with Crippen LogP contribution in [0.2, 0.25) is 0 Å². The molecule has 0 fully saturated rings. The van der Waals surface area contributed by atoms with Gasteiger partial charge >= 0.3 is 5.92 Å². The lowest BCUT2D eigenvalue weighted by Crippen LogP contribution is -2.35. The number of hydrogen-bond acceptors (Lipinski definition) is 5. The number of alkyl halides is 2. The zero-order chi connectivity index (χ0) is 27.0. The summed E-state index contributed by atoms with van der Waals surface area (Å²) in [6.07, 6.45) is 12.2. The van der Waals surface area contributed by atoms with E-state index in [0.717, 1.165) is 58.2 Å². The topological polar surface area (TPSA) is 52.1 Å². The Bertz CT molecular complexity index is 742. The van der Waals surface area contributed by atoms with Crippen molar-refractivity contribution >= 4 is 5.71 Å². The van der Waals surface area contributed by atoms with Gasteiger partial charge in [0, 0.05) is 33.0 Å². The molecule has 0 amide bonds. The van der Waals surface area contributed by atoms with Gasteiger partial charge in [0.25, 0.3) is 0 Å². The Morgan fingerprint density at radius 2 is 1.54 bits per heavy atom. The fourth-order valence-electron chi connectivity index (χ4n) is 3.51. The number of unbranched alkanes of at least 4 members (excludes halogenated alkanes) is 5. The van der Waals surface area contributed by atoms with Crippen molar-refractivity contribution in [2.75, 3.05) is 39.6 Å². The summed E-state index contributed by atoms with van der Waals surface area (Å²) >= 11 is 0. The van der Waals surface area contributed by atoms with Crippen molar-refractivity contribution < 1.29 is 23.0 Å². The molecule has 0 heterocycles. The van der Waals surface area contributed by atoms with Crippen LogP contribution >= 0.6 is 0 Å². The van der Waals surface area contributed by atoms with Crippen molar-refractivity contribution in [2.24, 2.45) is 4.99 Å². The maximum absolute atomic E-state index is 14.7. The van der Waals surface area contributed by atoms with Gasteiger partial charge in [-0.15, -0.1) is 0 Å². The third-order valence-electron chi connectivity index (χ3n) is 5.60. The number of rotatable bonds is 24. The number of benzene rings is 1. The summed E-state index contributed by atoms with van der Waals surface area (Å²) in [7, 11) is 0. The SMILES string of the molecule is C=CNCC(C)/N=C(\C=C/CC)C(F)(F)COCCCCCOCCCCCCOCc1ccccc1. The zero-order valence-electron chi connectivity index (χ0n) is 22.9. The summed E-state index contributed by atoms with van der Waals surface area (Å²) in [5, 5.41) is 2.91. The molecule has 0 aliphatic heterocycles. The number of halogens is 2. The summed E-state index contributed by atoms with van der Waals surface area (Å²) in [5.74, 6) is -3.12. The van der Waals surface area contributed by atoms with E-state index in [4.69, 9.17) is 14.2 Å². The Labute approximate surface area is 223 Å². The molecule has 0 radical (unpaired) electrons. The molecule has 1 aromatic rings. The van der Waals surface area contributed by atoms with Crippen LogP contribution in [0.5, 0.6) is 0 Å². The van der Waals surface area contributed by atoms with Crippen LogP contribution in [-0.4, -0.2) is 57.3 Å². The van der Waals surface area contributed by atoms with Crippen molar-refractivity contribution in [2.45, 2.75) is 83.8 Å². The second kappa shape index (κ2) is 21.9. The van der Waals surface area contributed by atoms with Crippen LogP contribution in [0.15, 0.2) is 60.3 Å². The van der Waals surface area contributed by atoms with Crippen LogP contribution in [-0.2, 0) is 20.8 Å².